The number of carbonyl (C=O) groups excluding carboxylic acids is 1. The van der Waals surface area contributed by atoms with Crippen LogP contribution >= 0.6 is 0 Å². The second kappa shape index (κ2) is 5.70. The molecule has 0 fully saturated rings. The Kier molecular flexibility index (Phi) is 4.14. The third-order valence-corrected chi connectivity index (χ3v) is 3.95. The fourth-order valence-corrected chi connectivity index (χ4v) is 2.59. The van der Waals surface area contributed by atoms with E-state index in [1.54, 1.807) is 24.3 Å². The Morgan fingerprint density at radius 2 is 2.05 bits per heavy atom. The molecule has 0 aliphatic carbocycles. The van der Waals surface area contributed by atoms with Crippen LogP contribution in [0.4, 0.5) is 10.5 Å². The highest BCUT2D eigenvalue weighted by molar-refractivity contribution is 7.89. The van der Waals surface area contributed by atoms with Crippen molar-refractivity contribution < 1.29 is 23.1 Å². The lowest BCUT2D eigenvalue weighted by molar-refractivity contribution is -0.138. The minimum Gasteiger partial charge on any atom is -0.481 e. The maximum atomic E-state index is 12.0. The van der Waals surface area contributed by atoms with E-state index >= 15 is 0 Å². The summed E-state index contributed by atoms with van der Waals surface area (Å²) in [4.78, 5) is 24.6. The van der Waals surface area contributed by atoms with Gasteiger partial charge in [0, 0.05) is 18.8 Å². The Bertz CT molecular complexity index is 673. The van der Waals surface area contributed by atoms with Gasteiger partial charge in [0.15, 0.2) is 0 Å². The van der Waals surface area contributed by atoms with Crippen molar-refractivity contribution in [3.05, 3.63) is 29.8 Å². The van der Waals surface area contributed by atoms with Crippen molar-refractivity contribution in [3.63, 3.8) is 0 Å². The van der Waals surface area contributed by atoms with Gasteiger partial charge in [-0.15, -0.1) is 0 Å². The summed E-state index contributed by atoms with van der Waals surface area (Å²) in [6, 6.07) is 6.17. The quantitative estimate of drug-likeness (QED) is 0.701. The van der Waals surface area contributed by atoms with Gasteiger partial charge in [0.1, 0.15) is 5.92 Å². The Morgan fingerprint density at radius 1 is 1.38 bits per heavy atom. The van der Waals surface area contributed by atoms with Gasteiger partial charge in [0.05, 0.1) is 5.75 Å². The van der Waals surface area contributed by atoms with E-state index in [1.165, 1.54) is 4.90 Å². The first-order valence-electron chi connectivity index (χ1n) is 6.17. The molecule has 1 aromatic rings. The number of benzene rings is 1. The maximum Gasteiger partial charge on any atom is 0.321 e. The number of carboxylic acid groups (broad SMARTS) is 1. The summed E-state index contributed by atoms with van der Waals surface area (Å²) in [5, 5.41) is 16.4. The summed E-state index contributed by atoms with van der Waals surface area (Å²) in [6.07, 6.45) is 0. The van der Waals surface area contributed by atoms with Crippen LogP contribution in [0.3, 0.4) is 0 Å². The van der Waals surface area contributed by atoms with Crippen molar-refractivity contribution in [1.29, 1.82) is 0 Å². The molecule has 1 aliphatic rings. The monoisotopic (exact) mass is 313 g/mol. The molecule has 4 N–H and O–H groups in total. The topological polar surface area (TPSA) is 130 Å². The highest BCUT2D eigenvalue weighted by atomic mass is 32.2. The van der Waals surface area contributed by atoms with Crippen molar-refractivity contribution in [2.24, 2.45) is 5.14 Å². The standard InChI is InChI=1S/C12H15N3O5S/c13-21(19,20)6-5-14-12(18)15-7-9(11(16)17)8-3-1-2-4-10(8)15/h1-4,9H,5-7H2,(H,14,18)(H,16,17)(H2,13,19,20). The molecule has 0 saturated carbocycles. The van der Waals surface area contributed by atoms with Crippen LogP contribution < -0.4 is 15.4 Å². The molecule has 0 spiro atoms. The summed E-state index contributed by atoms with van der Waals surface area (Å²) in [5.41, 5.74) is 1.07. The number of amides is 2. The van der Waals surface area contributed by atoms with Crippen LogP contribution in [0, 0.1) is 0 Å². The lowest BCUT2D eigenvalue weighted by Crippen LogP contribution is -2.42. The number of nitrogens with zero attached hydrogens (tertiary/aromatic N) is 1. The van der Waals surface area contributed by atoms with Crippen LogP contribution in [0.25, 0.3) is 0 Å². The first-order valence-corrected chi connectivity index (χ1v) is 7.88. The molecule has 0 saturated heterocycles. The minimum absolute atomic E-state index is 0.00981. The fourth-order valence-electron chi connectivity index (χ4n) is 2.21. The van der Waals surface area contributed by atoms with E-state index in [0.29, 0.717) is 11.3 Å². The number of carbonyl (C=O) groups is 2. The van der Waals surface area contributed by atoms with Gasteiger partial charge < -0.3 is 10.4 Å². The number of carboxylic acids is 1. The van der Waals surface area contributed by atoms with E-state index in [1.807, 2.05) is 0 Å². The lowest BCUT2D eigenvalue weighted by atomic mass is 10.0. The summed E-state index contributed by atoms with van der Waals surface area (Å²) in [5.74, 6) is -2.18. The van der Waals surface area contributed by atoms with Gasteiger partial charge in [-0.25, -0.2) is 18.4 Å². The zero-order chi connectivity index (χ0) is 15.6. The number of nitrogens with two attached hydrogens (primary N) is 1. The van der Waals surface area contributed by atoms with Crippen molar-refractivity contribution in [2.45, 2.75) is 5.92 Å². The maximum absolute atomic E-state index is 12.0. The third-order valence-electron chi connectivity index (χ3n) is 3.17. The van der Waals surface area contributed by atoms with Gasteiger partial charge in [0.25, 0.3) is 0 Å². The molecule has 1 heterocycles. The number of rotatable bonds is 4. The Hall–Kier alpha value is -2.13. The molecule has 1 unspecified atom stereocenters. The minimum atomic E-state index is -3.66. The molecule has 0 bridgehead atoms. The van der Waals surface area contributed by atoms with E-state index in [9.17, 15) is 23.1 Å². The second-order valence-corrected chi connectivity index (χ2v) is 6.39. The molecular formula is C12H15N3O5S. The predicted octanol–water partition coefficient (Wildman–Crippen LogP) is -0.327. The van der Waals surface area contributed by atoms with E-state index < -0.39 is 27.9 Å². The SMILES string of the molecule is NS(=O)(=O)CCNC(=O)N1CC(C(=O)O)c2ccccc21. The van der Waals surface area contributed by atoms with E-state index in [2.05, 4.69) is 5.32 Å². The zero-order valence-electron chi connectivity index (χ0n) is 11.0. The number of primary sulfonamides is 1. The largest absolute Gasteiger partial charge is 0.481 e. The Labute approximate surface area is 121 Å². The van der Waals surface area contributed by atoms with Crippen molar-refractivity contribution in [1.82, 2.24) is 5.32 Å². The number of urea groups is 1. The van der Waals surface area contributed by atoms with Crippen molar-refractivity contribution in [2.75, 3.05) is 23.7 Å². The van der Waals surface area contributed by atoms with E-state index in [4.69, 9.17) is 5.14 Å². The molecule has 8 nitrogen and oxygen atoms in total. The summed E-state index contributed by atoms with van der Waals surface area (Å²) >= 11 is 0. The van der Waals surface area contributed by atoms with Gasteiger partial charge in [-0.05, 0) is 11.6 Å². The molecule has 9 heteroatoms. The molecular weight excluding hydrogens is 298 g/mol. The average molecular weight is 313 g/mol. The molecule has 0 aromatic heterocycles. The molecule has 114 valence electrons. The molecule has 2 rings (SSSR count). The van der Waals surface area contributed by atoms with Crippen LogP contribution in [0.2, 0.25) is 0 Å². The first kappa shape index (κ1) is 15.3. The first-order chi connectivity index (χ1) is 9.79. The number of anilines is 1. The number of para-hydroxylation sites is 1. The molecule has 1 aliphatic heterocycles. The zero-order valence-corrected chi connectivity index (χ0v) is 11.8. The number of nitrogens with one attached hydrogen (secondary N) is 1. The highest BCUT2D eigenvalue weighted by Crippen LogP contribution is 2.36. The molecule has 0 radical (unpaired) electrons. The number of aliphatic carboxylic acids is 1. The van der Waals surface area contributed by atoms with Gasteiger partial charge in [-0.1, -0.05) is 18.2 Å². The smallest absolute Gasteiger partial charge is 0.321 e. The lowest BCUT2D eigenvalue weighted by Gasteiger charge is -2.18. The van der Waals surface area contributed by atoms with Gasteiger partial charge in [-0.3, -0.25) is 9.69 Å². The summed E-state index contributed by atoms with van der Waals surface area (Å²) < 4.78 is 21.6. The van der Waals surface area contributed by atoms with Crippen LogP contribution in [0.5, 0.6) is 0 Å². The van der Waals surface area contributed by atoms with Gasteiger partial charge in [0.2, 0.25) is 10.0 Å². The Balaban J connectivity index is 2.11. The van der Waals surface area contributed by atoms with Gasteiger partial charge >= 0.3 is 12.0 Å². The van der Waals surface area contributed by atoms with Crippen LogP contribution in [-0.4, -0.2) is 44.4 Å². The normalized spacial score (nSPS) is 17.4. The van der Waals surface area contributed by atoms with Crippen LogP contribution in [0.15, 0.2) is 24.3 Å². The average Bonchev–Trinajstić information content (AvgIpc) is 2.76. The van der Waals surface area contributed by atoms with Crippen molar-refractivity contribution >= 4 is 27.7 Å². The number of sulfonamides is 1. The predicted molar refractivity (Wildman–Crippen MR) is 75.5 cm³/mol. The summed E-state index contributed by atoms with van der Waals surface area (Å²) in [7, 11) is -3.66. The molecule has 2 amide bonds. The Morgan fingerprint density at radius 3 is 2.67 bits per heavy atom. The van der Waals surface area contributed by atoms with Crippen LogP contribution in [-0.2, 0) is 14.8 Å². The molecule has 1 atom stereocenters. The summed E-state index contributed by atoms with van der Waals surface area (Å²) in [6.45, 7) is -0.121. The van der Waals surface area contributed by atoms with Gasteiger partial charge in [-0.2, -0.15) is 0 Å². The van der Waals surface area contributed by atoms with Crippen LogP contribution in [0.1, 0.15) is 11.5 Å². The van der Waals surface area contributed by atoms with E-state index in [-0.39, 0.29) is 18.8 Å². The second-order valence-electron chi connectivity index (χ2n) is 4.66. The van der Waals surface area contributed by atoms with E-state index in [0.717, 1.165) is 0 Å². The molecule has 1 aromatic carbocycles. The number of hydrogen-bond donors (Lipinski definition) is 3. The van der Waals surface area contributed by atoms with Crippen molar-refractivity contribution in [3.8, 4) is 0 Å². The fraction of sp³-hybridized carbons (Fsp3) is 0.333. The molecule has 21 heavy (non-hydrogen) atoms. The number of hydrogen-bond acceptors (Lipinski definition) is 4. The third kappa shape index (κ3) is 3.50. The highest BCUT2D eigenvalue weighted by Gasteiger charge is 2.36. The number of fused-ring (bicyclic) bond motifs is 1.